The van der Waals surface area contributed by atoms with Crippen molar-refractivity contribution in [1.29, 1.82) is 0 Å². The van der Waals surface area contributed by atoms with Crippen LogP contribution in [0.5, 0.6) is 0 Å². The molecule has 0 radical (unpaired) electrons. The summed E-state index contributed by atoms with van der Waals surface area (Å²) in [5, 5.41) is 3.33. The van der Waals surface area contributed by atoms with Crippen LogP contribution in [0.25, 0.3) is 0 Å². The van der Waals surface area contributed by atoms with E-state index in [0.717, 1.165) is 69.4 Å². The molecule has 3 amide bonds. The number of hydrogen-bond donors (Lipinski definition) is 1. The SMILES string of the molecule is CCN(C(=O)Cc1ccc(S(C)(=O)=O)cc1)C1CCN(C(C)C[C@H](NC(=O)N2CCCCC2)c2ccccc2)CC1. The summed E-state index contributed by atoms with van der Waals surface area (Å²) < 4.78 is 23.5. The van der Waals surface area contributed by atoms with Crippen molar-refractivity contribution in [3.63, 3.8) is 0 Å². The number of carbonyl (C=O) groups is 2. The van der Waals surface area contributed by atoms with Crippen molar-refractivity contribution in [2.75, 3.05) is 39.0 Å². The molecule has 0 aliphatic carbocycles. The maximum absolute atomic E-state index is 13.2. The van der Waals surface area contributed by atoms with E-state index in [1.807, 2.05) is 34.9 Å². The standard InChI is InChI=1S/C32H46N4O4S/c1-4-36(31(37)24-26-13-15-29(16-14-26)41(3,39)40)28-17-21-34(22-18-28)25(2)23-30(27-11-7-5-8-12-27)33-32(38)35-19-9-6-10-20-35/h5,7-8,11-16,25,28,30H,4,6,9-10,17-24H2,1-3H3,(H,33,38)/t25?,30-/m0/s1. The first-order valence-corrected chi connectivity index (χ1v) is 17.0. The van der Waals surface area contributed by atoms with Gasteiger partial charge in [-0.2, -0.15) is 0 Å². The largest absolute Gasteiger partial charge is 0.340 e. The molecular weight excluding hydrogens is 536 g/mol. The van der Waals surface area contributed by atoms with Gasteiger partial charge in [0, 0.05) is 51.1 Å². The Hall–Kier alpha value is -2.91. The Labute approximate surface area is 246 Å². The van der Waals surface area contributed by atoms with Crippen molar-refractivity contribution < 1.29 is 18.0 Å². The van der Waals surface area contributed by atoms with Crippen molar-refractivity contribution >= 4 is 21.8 Å². The zero-order valence-corrected chi connectivity index (χ0v) is 25.6. The quantitative estimate of drug-likeness (QED) is 0.440. The monoisotopic (exact) mass is 582 g/mol. The van der Waals surface area contributed by atoms with E-state index in [-0.39, 0.29) is 41.4 Å². The summed E-state index contributed by atoms with van der Waals surface area (Å²) in [6.07, 6.45) is 7.44. The van der Waals surface area contributed by atoms with E-state index in [1.54, 1.807) is 24.3 Å². The zero-order chi connectivity index (χ0) is 29.4. The van der Waals surface area contributed by atoms with Crippen molar-refractivity contribution in [1.82, 2.24) is 20.0 Å². The Balaban J connectivity index is 1.32. The summed E-state index contributed by atoms with van der Waals surface area (Å²) in [4.78, 5) is 33.0. The van der Waals surface area contributed by atoms with E-state index in [1.165, 1.54) is 12.7 Å². The van der Waals surface area contributed by atoms with Crippen LogP contribution in [-0.4, -0.2) is 86.1 Å². The lowest BCUT2D eigenvalue weighted by atomic mass is 9.96. The van der Waals surface area contributed by atoms with Crippen molar-refractivity contribution in [3.05, 3.63) is 65.7 Å². The molecule has 4 rings (SSSR count). The first kappa shape index (κ1) is 31.0. The molecule has 9 heteroatoms. The number of hydrogen-bond acceptors (Lipinski definition) is 5. The number of rotatable bonds is 10. The molecule has 8 nitrogen and oxygen atoms in total. The average molecular weight is 583 g/mol. The third kappa shape index (κ3) is 8.55. The maximum Gasteiger partial charge on any atom is 0.317 e. The summed E-state index contributed by atoms with van der Waals surface area (Å²) in [6, 6.07) is 17.3. The maximum atomic E-state index is 13.2. The Bertz CT molecular complexity index is 1240. The molecular formula is C32H46N4O4S. The molecule has 2 aromatic rings. The van der Waals surface area contributed by atoms with Gasteiger partial charge in [0.25, 0.3) is 0 Å². The molecule has 2 aliphatic rings. The molecule has 1 unspecified atom stereocenters. The number of likely N-dealkylation sites (tertiary alicyclic amines) is 2. The molecule has 0 bridgehead atoms. The second-order valence-electron chi connectivity index (χ2n) is 11.6. The smallest absolute Gasteiger partial charge is 0.317 e. The van der Waals surface area contributed by atoms with E-state index in [9.17, 15) is 18.0 Å². The van der Waals surface area contributed by atoms with Crippen LogP contribution in [0.3, 0.4) is 0 Å². The van der Waals surface area contributed by atoms with Gasteiger partial charge in [0.15, 0.2) is 9.84 Å². The number of urea groups is 1. The first-order chi connectivity index (χ1) is 19.7. The van der Waals surface area contributed by atoms with Gasteiger partial charge in [-0.15, -0.1) is 0 Å². The zero-order valence-electron chi connectivity index (χ0n) is 24.8. The lowest BCUT2D eigenvalue weighted by molar-refractivity contribution is -0.133. The first-order valence-electron chi connectivity index (χ1n) is 15.1. The van der Waals surface area contributed by atoms with Gasteiger partial charge in [-0.1, -0.05) is 42.5 Å². The van der Waals surface area contributed by atoms with Crippen molar-refractivity contribution in [3.8, 4) is 0 Å². The van der Waals surface area contributed by atoms with Crippen molar-refractivity contribution in [2.45, 2.75) is 81.8 Å². The Morgan fingerprint density at radius 2 is 1.59 bits per heavy atom. The molecule has 0 spiro atoms. The predicted octanol–water partition coefficient (Wildman–Crippen LogP) is 4.66. The molecule has 224 valence electrons. The number of sulfone groups is 1. The Morgan fingerprint density at radius 3 is 2.17 bits per heavy atom. The average Bonchev–Trinajstić information content (AvgIpc) is 2.98. The summed E-state index contributed by atoms with van der Waals surface area (Å²) in [5.41, 5.74) is 1.96. The van der Waals surface area contributed by atoms with Gasteiger partial charge in [0.2, 0.25) is 5.91 Å². The van der Waals surface area contributed by atoms with Crippen LogP contribution in [0, 0.1) is 0 Å². The summed E-state index contributed by atoms with van der Waals surface area (Å²) in [7, 11) is -3.26. The molecule has 41 heavy (non-hydrogen) atoms. The lowest BCUT2D eigenvalue weighted by Crippen LogP contribution is -2.50. The van der Waals surface area contributed by atoms with Crippen LogP contribution < -0.4 is 5.32 Å². The van der Waals surface area contributed by atoms with Crippen LogP contribution in [-0.2, 0) is 21.1 Å². The van der Waals surface area contributed by atoms with E-state index in [0.29, 0.717) is 6.54 Å². The number of piperidine rings is 2. The van der Waals surface area contributed by atoms with Gasteiger partial charge < -0.3 is 20.0 Å². The number of amides is 3. The normalized spacial score (nSPS) is 18.5. The predicted molar refractivity (Wildman–Crippen MR) is 162 cm³/mol. The number of likely N-dealkylation sites (N-methyl/N-ethyl adjacent to an activating group) is 1. The fraction of sp³-hybridized carbons (Fsp3) is 0.562. The third-order valence-corrected chi connectivity index (χ3v) is 9.78. The highest BCUT2D eigenvalue weighted by molar-refractivity contribution is 7.90. The highest BCUT2D eigenvalue weighted by Crippen LogP contribution is 2.26. The molecule has 0 saturated carbocycles. The number of carbonyl (C=O) groups excluding carboxylic acids is 2. The molecule has 2 aromatic carbocycles. The minimum Gasteiger partial charge on any atom is -0.340 e. The van der Waals surface area contributed by atoms with Gasteiger partial charge in [-0.25, -0.2) is 13.2 Å². The van der Waals surface area contributed by atoms with Gasteiger partial charge in [-0.3, -0.25) is 4.79 Å². The molecule has 0 aromatic heterocycles. The Kier molecular flexibility index (Phi) is 10.8. The minimum absolute atomic E-state index is 0.0347. The topological polar surface area (TPSA) is 90.0 Å². The Morgan fingerprint density at radius 1 is 0.951 bits per heavy atom. The van der Waals surface area contributed by atoms with Gasteiger partial charge in [-0.05, 0) is 75.6 Å². The molecule has 2 saturated heterocycles. The van der Waals surface area contributed by atoms with Gasteiger partial charge >= 0.3 is 6.03 Å². The molecule has 2 heterocycles. The van der Waals surface area contributed by atoms with E-state index in [4.69, 9.17) is 0 Å². The second-order valence-corrected chi connectivity index (χ2v) is 13.6. The van der Waals surface area contributed by atoms with Gasteiger partial charge in [0.05, 0.1) is 17.4 Å². The van der Waals surface area contributed by atoms with Crippen LogP contribution in [0.15, 0.2) is 59.5 Å². The third-order valence-electron chi connectivity index (χ3n) is 8.65. The lowest BCUT2D eigenvalue weighted by Gasteiger charge is -2.41. The van der Waals surface area contributed by atoms with Crippen LogP contribution in [0.4, 0.5) is 4.79 Å². The number of nitrogens with zero attached hydrogens (tertiary/aromatic N) is 3. The fourth-order valence-corrected chi connectivity index (χ4v) is 6.83. The number of nitrogens with one attached hydrogen (secondary N) is 1. The molecule has 2 fully saturated rings. The van der Waals surface area contributed by atoms with Crippen LogP contribution in [0.2, 0.25) is 0 Å². The highest BCUT2D eigenvalue weighted by Gasteiger charge is 2.30. The van der Waals surface area contributed by atoms with E-state index in [2.05, 4.69) is 29.3 Å². The van der Waals surface area contributed by atoms with Gasteiger partial charge in [0.1, 0.15) is 0 Å². The highest BCUT2D eigenvalue weighted by atomic mass is 32.2. The van der Waals surface area contributed by atoms with Crippen LogP contribution in [0.1, 0.15) is 69.5 Å². The van der Waals surface area contributed by atoms with E-state index >= 15 is 0 Å². The molecule has 2 atom stereocenters. The summed E-state index contributed by atoms with van der Waals surface area (Å²) in [5.74, 6) is 0.0793. The van der Waals surface area contributed by atoms with E-state index < -0.39 is 9.84 Å². The molecule has 1 N–H and O–H groups in total. The van der Waals surface area contributed by atoms with Crippen molar-refractivity contribution in [2.24, 2.45) is 0 Å². The number of benzene rings is 2. The summed E-state index contributed by atoms with van der Waals surface area (Å²) in [6.45, 7) is 8.38. The second kappa shape index (κ2) is 14.3. The fourth-order valence-electron chi connectivity index (χ4n) is 6.20. The minimum atomic E-state index is -3.26. The summed E-state index contributed by atoms with van der Waals surface area (Å²) >= 11 is 0. The molecule has 2 aliphatic heterocycles. The van der Waals surface area contributed by atoms with Crippen LogP contribution >= 0.6 is 0 Å².